The van der Waals surface area contributed by atoms with Crippen LogP contribution in [0.25, 0.3) is 22.7 Å². The monoisotopic (exact) mass is 416 g/mol. The molecule has 0 aliphatic rings. The van der Waals surface area contributed by atoms with Gasteiger partial charge >= 0.3 is 11.9 Å². The van der Waals surface area contributed by atoms with E-state index < -0.39 is 5.97 Å². The Morgan fingerprint density at radius 1 is 0.903 bits per heavy atom. The summed E-state index contributed by atoms with van der Waals surface area (Å²) >= 11 is 0. The van der Waals surface area contributed by atoms with Gasteiger partial charge in [0.2, 0.25) is 0 Å². The van der Waals surface area contributed by atoms with Crippen molar-refractivity contribution in [2.75, 3.05) is 14.2 Å². The first kappa shape index (κ1) is 20.2. The predicted octanol–water partition coefficient (Wildman–Crippen LogP) is 4.50. The first-order chi connectivity index (χ1) is 15.1. The summed E-state index contributed by atoms with van der Waals surface area (Å²) in [7, 11) is 2.71. The van der Waals surface area contributed by atoms with Gasteiger partial charge in [0, 0.05) is 17.5 Å². The van der Waals surface area contributed by atoms with Gasteiger partial charge in [-0.05, 0) is 42.0 Å². The average molecular weight is 416 g/mol. The molecule has 0 saturated heterocycles. The smallest absolute Gasteiger partial charge is 0.337 e. The molecule has 31 heavy (non-hydrogen) atoms. The largest absolute Gasteiger partial charge is 0.465 e. The van der Waals surface area contributed by atoms with Crippen LogP contribution in [0.3, 0.4) is 0 Å². The number of ether oxygens (including phenoxy) is 2. The van der Waals surface area contributed by atoms with E-state index >= 15 is 0 Å². The molecular formula is C24H20N2O5. The molecule has 156 valence electrons. The van der Waals surface area contributed by atoms with Crippen molar-refractivity contribution in [3.63, 3.8) is 0 Å². The van der Waals surface area contributed by atoms with E-state index in [1.54, 1.807) is 30.5 Å². The zero-order chi connectivity index (χ0) is 21.8. The van der Waals surface area contributed by atoms with Crippen molar-refractivity contribution < 1.29 is 23.5 Å². The van der Waals surface area contributed by atoms with Gasteiger partial charge in [0.05, 0.1) is 37.3 Å². The Morgan fingerprint density at radius 3 is 2.06 bits per heavy atom. The number of carbonyl (C=O) groups excluding carboxylic acids is 2. The van der Waals surface area contributed by atoms with Gasteiger partial charge in [0.25, 0.3) is 0 Å². The zero-order valence-electron chi connectivity index (χ0n) is 17.0. The van der Waals surface area contributed by atoms with Crippen LogP contribution < -0.4 is 0 Å². The lowest BCUT2D eigenvalue weighted by Crippen LogP contribution is -2.01. The summed E-state index contributed by atoms with van der Waals surface area (Å²) in [6.45, 7) is 0. The maximum Gasteiger partial charge on any atom is 0.337 e. The minimum atomic E-state index is -0.393. The zero-order valence-corrected chi connectivity index (χ0v) is 17.0. The maximum absolute atomic E-state index is 11.7. The molecule has 7 heteroatoms. The number of methoxy groups -OCH3 is 2. The van der Waals surface area contributed by atoms with Crippen LogP contribution in [-0.4, -0.2) is 36.4 Å². The van der Waals surface area contributed by atoms with Gasteiger partial charge in [-0.1, -0.05) is 24.3 Å². The van der Waals surface area contributed by atoms with Crippen LogP contribution in [0, 0.1) is 0 Å². The number of furan rings is 1. The van der Waals surface area contributed by atoms with Crippen molar-refractivity contribution in [1.29, 1.82) is 0 Å². The Bertz CT molecular complexity index is 1190. The highest BCUT2D eigenvalue weighted by Gasteiger charge is 2.19. The van der Waals surface area contributed by atoms with Crippen LogP contribution in [-0.2, 0) is 15.9 Å². The molecule has 0 amide bonds. The summed E-state index contributed by atoms with van der Waals surface area (Å²) in [6.07, 6.45) is 2.16. The summed E-state index contributed by atoms with van der Waals surface area (Å²) in [5.41, 5.74) is 5.26. The highest BCUT2D eigenvalue weighted by molar-refractivity contribution is 5.90. The first-order valence-corrected chi connectivity index (χ1v) is 9.58. The van der Waals surface area contributed by atoms with Crippen LogP contribution in [0.5, 0.6) is 0 Å². The van der Waals surface area contributed by atoms with E-state index in [1.807, 2.05) is 36.4 Å². The number of aromatic amines is 1. The van der Waals surface area contributed by atoms with Crippen LogP contribution in [0.2, 0.25) is 0 Å². The number of hydrogen-bond acceptors (Lipinski definition) is 6. The second-order valence-electron chi connectivity index (χ2n) is 6.84. The summed E-state index contributed by atoms with van der Waals surface area (Å²) in [5, 5.41) is 7.59. The number of aromatic nitrogens is 2. The molecule has 0 radical (unpaired) electrons. The number of rotatable bonds is 6. The minimum absolute atomic E-state index is 0.377. The molecule has 4 aromatic rings. The fourth-order valence-electron chi connectivity index (χ4n) is 3.36. The molecule has 0 aliphatic carbocycles. The van der Waals surface area contributed by atoms with Crippen LogP contribution in [0.15, 0.2) is 71.3 Å². The fourth-order valence-corrected chi connectivity index (χ4v) is 3.36. The maximum atomic E-state index is 11.7. The van der Waals surface area contributed by atoms with Gasteiger partial charge in [-0.3, -0.25) is 5.10 Å². The molecule has 2 heterocycles. The van der Waals surface area contributed by atoms with Crippen molar-refractivity contribution in [3.05, 3.63) is 89.2 Å². The van der Waals surface area contributed by atoms with Crippen LogP contribution >= 0.6 is 0 Å². The number of nitrogens with one attached hydrogen (secondary N) is 1. The SMILES string of the molecule is COC(=O)c1ccc(Cc2c(-c3ccc(C(=O)OC)cc3)n[nH]c2-c2ccco2)cc1. The molecule has 0 fully saturated rings. The average Bonchev–Trinajstić information content (AvgIpc) is 3.49. The Morgan fingerprint density at radius 2 is 1.52 bits per heavy atom. The van der Waals surface area contributed by atoms with Gasteiger partial charge in [0.15, 0.2) is 5.76 Å². The number of H-pyrrole nitrogens is 1. The molecule has 0 atom stereocenters. The third-order valence-corrected chi connectivity index (χ3v) is 4.97. The molecule has 4 rings (SSSR count). The highest BCUT2D eigenvalue weighted by atomic mass is 16.5. The van der Waals surface area contributed by atoms with Crippen LogP contribution in [0.4, 0.5) is 0 Å². The fraction of sp³-hybridized carbons (Fsp3) is 0.125. The molecule has 2 aromatic heterocycles. The van der Waals surface area contributed by atoms with Crippen molar-refractivity contribution in [3.8, 4) is 22.7 Å². The Kier molecular flexibility index (Phi) is 5.66. The molecule has 0 spiro atoms. The first-order valence-electron chi connectivity index (χ1n) is 9.58. The predicted molar refractivity (Wildman–Crippen MR) is 114 cm³/mol. The third kappa shape index (κ3) is 4.11. The molecular weight excluding hydrogens is 396 g/mol. The molecule has 0 unspecified atom stereocenters. The lowest BCUT2D eigenvalue weighted by molar-refractivity contribution is 0.0592. The Labute approximate surface area is 178 Å². The number of nitrogens with zero attached hydrogens (tertiary/aromatic N) is 1. The van der Waals surface area contributed by atoms with E-state index in [1.165, 1.54) is 14.2 Å². The van der Waals surface area contributed by atoms with Crippen LogP contribution in [0.1, 0.15) is 31.8 Å². The van der Waals surface area contributed by atoms with Crippen molar-refractivity contribution in [2.45, 2.75) is 6.42 Å². The Balaban J connectivity index is 1.72. The van der Waals surface area contributed by atoms with Gasteiger partial charge in [-0.25, -0.2) is 9.59 Å². The normalized spacial score (nSPS) is 10.6. The number of carbonyl (C=O) groups is 2. The van der Waals surface area contributed by atoms with E-state index in [0.29, 0.717) is 23.3 Å². The number of benzene rings is 2. The standard InChI is InChI=1S/C24H20N2O5/c1-29-23(27)17-7-5-15(6-8-17)14-19-21(25-26-22(19)20-4-3-13-31-20)16-9-11-18(12-10-16)24(28)30-2/h3-13H,14H2,1-2H3,(H,25,26). The second kappa shape index (κ2) is 8.71. The van der Waals surface area contributed by atoms with Crippen molar-refractivity contribution in [2.24, 2.45) is 0 Å². The minimum Gasteiger partial charge on any atom is -0.465 e. The molecule has 0 saturated carbocycles. The summed E-state index contributed by atoms with van der Waals surface area (Å²) in [5.74, 6) is -0.0978. The van der Waals surface area contributed by atoms with Gasteiger partial charge in [-0.2, -0.15) is 5.10 Å². The number of esters is 2. The van der Waals surface area contributed by atoms with E-state index in [0.717, 1.165) is 28.1 Å². The summed E-state index contributed by atoms with van der Waals surface area (Å²) < 4.78 is 15.1. The Hall–Kier alpha value is -4.13. The number of hydrogen-bond donors (Lipinski definition) is 1. The van der Waals surface area contributed by atoms with Gasteiger partial charge in [-0.15, -0.1) is 0 Å². The molecule has 0 bridgehead atoms. The third-order valence-electron chi connectivity index (χ3n) is 4.97. The second-order valence-corrected chi connectivity index (χ2v) is 6.84. The molecule has 0 aliphatic heterocycles. The van der Waals surface area contributed by atoms with E-state index in [9.17, 15) is 9.59 Å². The van der Waals surface area contributed by atoms with E-state index in [-0.39, 0.29) is 5.97 Å². The van der Waals surface area contributed by atoms with E-state index in [2.05, 4.69) is 10.2 Å². The van der Waals surface area contributed by atoms with E-state index in [4.69, 9.17) is 13.9 Å². The lowest BCUT2D eigenvalue weighted by atomic mass is 9.97. The van der Waals surface area contributed by atoms with Gasteiger partial charge < -0.3 is 13.9 Å². The summed E-state index contributed by atoms with van der Waals surface area (Å²) in [6, 6.07) is 18.0. The van der Waals surface area contributed by atoms with Gasteiger partial charge in [0.1, 0.15) is 5.69 Å². The molecule has 2 aromatic carbocycles. The molecule has 7 nitrogen and oxygen atoms in total. The lowest BCUT2D eigenvalue weighted by Gasteiger charge is -2.07. The van der Waals surface area contributed by atoms with Crippen molar-refractivity contribution >= 4 is 11.9 Å². The molecule has 1 N–H and O–H groups in total. The van der Waals surface area contributed by atoms with Crippen molar-refractivity contribution in [1.82, 2.24) is 10.2 Å². The topological polar surface area (TPSA) is 94.4 Å². The quantitative estimate of drug-likeness (QED) is 0.465. The highest BCUT2D eigenvalue weighted by Crippen LogP contribution is 2.32. The summed E-state index contributed by atoms with van der Waals surface area (Å²) in [4.78, 5) is 23.4.